The van der Waals surface area contributed by atoms with Crippen molar-refractivity contribution in [1.29, 1.82) is 0 Å². The largest absolute Gasteiger partial charge is 0.378 e. The van der Waals surface area contributed by atoms with Gasteiger partial charge in [0, 0.05) is 43.9 Å². The number of carbonyl (C=O) groups is 3. The molecule has 2 aromatic carbocycles. The number of allylic oxidation sites excluding steroid dienone is 2. The van der Waals surface area contributed by atoms with Crippen LogP contribution < -0.4 is 10.7 Å². The zero-order valence-electron chi connectivity index (χ0n) is 26.5. The van der Waals surface area contributed by atoms with E-state index in [4.69, 9.17) is 9.73 Å². The molecule has 45 heavy (non-hydrogen) atoms. The third-order valence-corrected chi connectivity index (χ3v) is 8.11. The van der Waals surface area contributed by atoms with Crippen LogP contribution in [0.2, 0.25) is 0 Å². The number of hydrogen-bond acceptors (Lipinski definition) is 8. The highest BCUT2D eigenvalue weighted by atomic mass is 16.5. The summed E-state index contributed by atoms with van der Waals surface area (Å²) < 4.78 is 5.35. The third kappa shape index (κ3) is 7.19. The summed E-state index contributed by atoms with van der Waals surface area (Å²) in [7, 11) is 1.89. The molecule has 0 aliphatic carbocycles. The van der Waals surface area contributed by atoms with Crippen molar-refractivity contribution < 1.29 is 19.1 Å². The second-order valence-corrected chi connectivity index (χ2v) is 12.2. The number of carbonyl (C=O) groups excluding carboxylic acids is 3. The van der Waals surface area contributed by atoms with Gasteiger partial charge in [-0.05, 0) is 53.8 Å². The Morgan fingerprint density at radius 1 is 1.04 bits per heavy atom. The molecule has 3 aromatic rings. The zero-order chi connectivity index (χ0) is 32.1. The van der Waals surface area contributed by atoms with Crippen LogP contribution in [0.4, 0.5) is 11.5 Å². The molecule has 3 heterocycles. The van der Waals surface area contributed by atoms with E-state index in [0.717, 1.165) is 28.8 Å². The smallest absolute Gasteiger partial charge is 0.255 e. The maximum Gasteiger partial charge on any atom is 0.255 e. The van der Waals surface area contributed by atoms with E-state index in [1.54, 1.807) is 41.4 Å². The van der Waals surface area contributed by atoms with Crippen molar-refractivity contribution in [3.63, 3.8) is 0 Å². The monoisotopic (exact) mass is 608 g/mol. The summed E-state index contributed by atoms with van der Waals surface area (Å²) in [6.45, 7) is 10.5. The van der Waals surface area contributed by atoms with E-state index < -0.39 is 0 Å². The number of anilines is 1. The van der Waals surface area contributed by atoms with Gasteiger partial charge >= 0.3 is 0 Å². The molecule has 1 atom stereocenters. The second kappa shape index (κ2) is 13.5. The van der Waals surface area contributed by atoms with Gasteiger partial charge < -0.3 is 20.0 Å². The molecule has 2 amide bonds. The van der Waals surface area contributed by atoms with Crippen molar-refractivity contribution in [2.45, 2.75) is 45.6 Å². The number of nitrogens with zero attached hydrogens (tertiary/aromatic N) is 4. The first-order chi connectivity index (χ1) is 21.6. The molecule has 234 valence electrons. The number of pyridine rings is 1. The first-order valence-electron chi connectivity index (χ1n) is 15.2. The van der Waals surface area contributed by atoms with Gasteiger partial charge in [-0.1, -0.05) is 51.1 Å². The fraction of sp³-hybridized carbons (Fsp3) is 0.343. The van der Waals surface area contributed by atoms with Gasteiger partial charge in [-0.15, -0.1) is 0 Å². The molecular weight excluding hydrogens is 568 g/mol. The van der Waals surface area contributed by atoms with Gasteiger partial charge in [0.25, 0.3) is 11.8 Å². The van der Waals surface area contributed by atoms with Gasteiger partial charge in [0.1, 0.15) is 0 Å². The highest BCUT2D eigenvalue weighted by Crippen LogP contribution is 2.32. The highest BCUT2D eigenvalue weighted by molar-refractivity contribution is 6.07. The maximum atomic E-state index is 13.2. The molecule has 0 spiro atoms. The molecule has 10 heteroatoms. The standard InChI is InChI=1S/C35H40N6O4/c1-6-31-30(37-32-15-12-24(21-36-32)34(44)41-16-18-45-19-17-41)20-29(39-40(31)5)26-8-7-9-28(27(26)22-42)38-33(43)23-10-13-25(14-11-23)35(2,3)4/h6-15,21-22,29,39H,16-20H2,1-5H3,(H,38,43)/b31-6-,37-30?. The maximum absolute atomic E-state index is 13.2. The number of hydrazine groups is 1. The zero-order valence-corrected chi connectivity index (χ0v) is 26.5. The average molecular weight is 609 g/mol. The predicted octanol–water partition coefficient (Wildman–Crippen LogP) is 5.47. The quantitative estimate of drug-likeness (QED) is 0.357. The van der Waals surface area contributed by atoms with Crippen LogP contribution in [0.25, 0.3) is 0 Å². The van der Waals surface area contributed by atoms with Crippen LogP contribution in [0.5, 0.6) is 0 Å². The molecule has 10 nitrogen and oxygen atoms in total. The average Bonchev–Trinajstić information content (AvgIpc) is 3.04. The van der Waals surface area contributed by atoms with E-state index in [-0.39, 0.29) is 23.3 Å². The fourth-order valence-electron chi connectivity index (χ4n) is 5.59. The molecule has 0 radical (unpaired) electrons. The summed E-state index contributed by atoms with van der Waals surface area (Å²) >= 11 is 0. The lowest BCUT2D eigenvalue weighted by molar-refractivity contribution is 0.0302. The number of hydrogen-bond donors (Lipinski definition) is 2. The van der Waals surface area contributed by atoms with Crippen molar-refractivity contribution in [2.75, 3.05) is 38.7 Å². The number of amides is 2. The SMILES string of the molecule is C/C=C1/C(=Nc2ccc(C(=O)N3CCOCC3)cn2)CC(c2cccc(NC(=O)c3ccc(C(C)(C)C)cc3)c2C=O)NN1C. The molecule has 2 aliphatic rings. The molecule has 2 fully saturated rings. The van der Waals surface area contributed by atoms with Crippen molar-refractivity contribution in [3.8, 4) is 0 Å². The van der Waals surface area contributed by atoms with Crippen molar-refractivity contribution in [1.82, 2.24) is 20.3 Å². The summed E-state index contributed by atoms with van der Waals surface area (Å²) in [4.78, 5) is 49.6. The Hall–Kier alpha value is -4.67. The van der Waals surface area contributed by atoms with Gasteiger partial charge in [0.15, 0.2) is 12.1 Å². The minimum Gasteiger partial charge on any atom is -0.378 e. The molecule has 1 aromatic heterocycles. The van der Waals surface area contributed by atoms with Crippen LogP contribution >= 0.6 is 0 Å². The number of aldehydes is 1. The van der Waals surface area contributed by atoms with Crippen LogP contribution in [0, 0.1) is 0 Å². The molecule has 1 unspecified atom stereocenters. The van der Waals surface area contributed by atoms with E-state index in [0.29, 0.717) is 60.9 Å². The van der Waals surface area contributed by atoms with Crippen molar-refractivity contribution in [2.24, 2.45) is 4.99 Å². The van der Waals surface area contributed by atoms with E-state index >= 15 is 0 Å². The van der Waals surface area contributed by atoms with Gasteiger partial charge in [0.05, 0.1) is 41.9 Å². The Labute approximate surface area is 264 Å². The number of aliphatic imine (C=N–C) groups is 1. The first kappa shape index (κ1) is 31.7. The lowest BCUT2D eigenvalue weighted by Crippen LogP contribution is -2.45. The summed E-state index contributed by atoms with van der Waals surface area (Å²) in [6, 6.07) is 16.1. The number of aromatic nitrogens is 1. The Morgan fingerprint density at radius 3 is 2.38 bits per heavy atom. The molecular formula is C35H40N6O4. The summed E-state index contributed by atoms with van der Waals surface area (Å²) in [5.41, 5.74) is 8.79. The summed E-state index contributed by atoms with van der Waals surface area (Å²) in [6.07, 6.45) is 4.76. The highest BCUT2D eigenvalue weighted by Gasteiger charge is 2.29. The van der Waals surface area contributed by atoms with Gasteiger partial charge in [-0.2, -0.15) is 0 Å². The van der Waals surface area contributed by atoms with E-state index in [1.165, 1.54) is 0 Å². The number of morpholine rings is 1. The fourth-order valence-corrected chi connectivity index (χ4v) is 5.59. The van der Waals surface area contributed by atoms with Crippen LogP contribution in [0.3, 0.4) is 0 Å². The van der Waals surface area contributed by atoms with E-state index in [1.807, 2.05) is 49.3 Å². The molecule has 2 saturated heterocycles. The molecule has 5 rings (SSSR count). The minimum atomic E-state index is -0.303. The normalized spacial score (nSPS) is 19.1. The van der Waals surface area contributed by atoms with Crippen LogP contribution in [0.15, 0.2) is 77.6 Å². The Morgan fingerprint density at radius 2 is 1.76 bits per heavy atom. The minimum absolute atomic E-state index is 0.0231. The number of nitrogens with one attached hydrogen (secondary N) is 2. The third-order valence-electron chi connectivity index (χ3n) is 8.11. The van der Waals surface area contributed by atoms with Gasteiger partial charge in [-0.25, -0.2) is 15.4 Å². The van der Waals surface area contributed by atoms with Crippen LogP contribution in [0.1, 0.15) is 82.4 Å². The molecule has 2 N–H and O–H groups in total. The lowest BCUT2D eigenvalue weighted by Gasteiger charge is -2.36. The van der Waals surface area contributed by atoms with E-state index in [2.05, 4.69) is 36.5 Å². The second-order valence-electron chi connectivity index (χ2n) is 12.2. The number of ether oxygens (including phenoxy) is 1. The number of rotatable bonds is 6. The summed E-state index contributed by atoms with van der Waals surface area (Å²) in [5, 5.41) is 4.81. The molecule has 2 aliphatic heterocycles. The van der Waals surface area contributed by atoms with Gasteiger partial charge in [0.2, 0.25) is 0 Å². The van der Waals surface area contributed by atoms with E-state index in [9.17, 15) is 14.4 Å². The Kier molecular flexibility index (Phi) is 9.55. The first-order valence-corrected chi connectivity index (χ1v) is 15.2. The van der Waals surface area contributed by atoms with Crippen molar-refractivity contribution >= 4 is 35.3 Å². The summed E-state index contributed by atoms with van der Waals surface area (Å²) in [5.74, 6) is 0.117. The van der Waals surface area contributed by atoms with Gasteiger partial charge in [-0.3, -0.25) is 14.4 Å². The molecule has 0 saturated carbocycles. The van der Waals surface area contributed by atoms with Crippen LogP contribution in [-0.4, -0.2) is 72.1 Å². The lowest BCUT2D eigenvalue weighted by atomic mass is 9.86. The predicted molar refractivity (Wildman–Crippen MR) is 175 cm³/mol. The Balaban J connectivity index is 1.37. The van der Waals surface area contributed by atoms with Crippen molar-refractivity contribution in [3.05, 3.63) is 100 Å². The molecule has 0 bridgehead atoms. The Bertz CT molecular complexity index is 1620. The van der Waals surface area contributed by atoms with Crippen LogP contribution in [-0.2, 0) is 10.2 Å². The number of benzene rings is 2. The topological polar surface area (TPSA) is 116 Å².